The molecule has 0 bridgehead atoms. The van der Waals surface area contributed by atoms with E-state index in [9.17, 15) is 5.26 Å². The second kappa shape index (κ2) is 4.93. The van der Waals surface area contributed by atoms with Crippen molar-refractivity contribution in [2.75, 3.05) is 18.7 Å². The molecule has 0 aliphatic carbocycles. The fraction of sp³-hybridized carbons (Fsp3) is 0.118. The number of ether oxygens (including phenoxy) is 2. The van der Waals surface area contributed by atoms with Crippen LogP contribution in [0.25, 0.3) is 10.1 Å². The minimum absolute atomic E-state index is 0.241. The number of hydrogen-bond donors (Lipinski definition) is 0. The molecule has 5 heteroatoms. The van der Waals surface area contributed by atoms with Gasteiger partial charge in [0.25, 0.3) is 0 Å². The van der Waals surface area contributed by atoms with Crippen molar-refractivity contribution in [1.29, 1.82) is 5.26 Å². The average molecular weight is 308 g/mol. The van der Waals surface area contributed by atoms with E-state index in [0.717, 1.165) is 26.5 Å². The van der Waals surface area contributed by atoms with Gasteiger partial charge in [0.15, 0.2) is 11.5 Å². The molecule has 108 valence electrons. The van der Waals surface area contributed by atoms with Gasteiger partial charge in [0.05, 0.1) is 5.56 Å². The molecule has 0 spiro atoms. The highest BCUT2D eigenvalue weighted by molar-refractivity contribution is 7.23. The largest absolute Gasteiger partial charge is 0.454 e. The van der Waals surface area contributed by atoms with Gasteiger partial charge in [0.2, 0.25) is 6.79 Å². The lowest BCUT2D eigenvalue weighted by Crippen LogP contribution is -2.08. The molecule has 0 fully saturated rings. The molecule has 2 aromatic carbocycles. The Morgan fingerprint density at radius 2 is 1.86 bits per heavy atom. The molecule has 0 radical (unpaired) electrons. The van der Waals surface area contributed by atoms with Gasteiger partial charge in [-0.2, -0.15) is 5.26 Å². The SMILES string of the molecule is CN(c1ccccc1)c1sc2cc3c(cc2c1C#N)OCO3. The summed E-state index contributed by atoms with van der Waals surface area (Å²) in [5.74, 6) is 1.45. The summed E-state index contributed by atoms with van der Waals surface area (Å²) in [7, 11) is 1.97. The molecule has 0 unspecified atom stereocenters. The van der Waals surface area contributed by atoms with Crippen LogP contribution in [0.5, 0.6) is 11.5 Å². The summed E-state index contributed by atoms with van der Waals surface area (Å²) in [5, 5.41) is 11.4. The standard InChI is InChI=1S/C17H12N2O2S/c1-19(11-5-3-2-4-6-11)17-13(9-18)12-7-14-15(21-10-20-14)8-16(12)22-17/h2-8H,10H2,1H3. The first-order valence-corrected chi connectivity index (χ1v) is 7.64. The van der Waals surface area contributed by atoms with Gasteiger partial charge in [-0.05, 0) is 18.2 Å². The van der Waals surface area contributed by atoms with Crippen molar-refractivity contribution in [2.45, 2.75) is 0 Å². The first-order valence-electron chi connectivity index (χ1n) is 6.83. The van der Waals surface area contributed by atoms with Crippen molar-refractivity contribution >= 4 is 32.1 Å². The van der Waals surface area contributed by atoms with Crippen LogP contribution in [0.1, 0.15) is 5.56 Å². The van der Waals surface area contributed by atoms with Crippen molar-refractivity contribution in [1.82, 2.24) is 0 Å². The summed E-state index contributed by atoms with van der Waals surface area (Å²) in [6, 6.07) is 16.2. The van der Waals surface area contributed by atoms with E-state index in [-0.39, 0.29) is 6.79 Å². The van der Waals surface area contributed by atoms with E-state index in [1.807, 2.05) is 54.4 Å². The van der Waals surface area contributed by atoms with E-state index in [2.05, 4.69) is 6.07 Å². The second-order valence-corrected chi connectivity index (χ2v) is 6.02. The van der Waals surface area contributed by atoms with E-state index < -0.39 is 0 Å². The Bertz CT molecular complexity index is 896. The van der Waals surface area contributed by atoms with Gasteiger partial charge in [0.1, 0.15) is 11.1 Å². The van der Waals surface area contributed by atoms with Gasteiger partial charge in [-0.3, -0.25) is 0 Å². The second-order valence-electron chi connectivity index (χ2n) is 4.99. The molecule has 4 nitrogen and oxygen atoms in total. The Morgan fingerprint density at radius 3 is 2.59 bits per heavy atom. The third-order valence-corrected chi connectivity index (χ3v) is 4.95. The Balaban J connectivity index is 1.90. The first kappa shape index (κ1) is 13.0. The van der Waals surface area contributed by atoms with Crippen molar-refractivity contribution in [3.63, 3.8) is 0 Å². The van der Waals surface area contributed by atoms with Crippen LogP contribution in [0.4, 0.5) is 10.7 Å². The number of benzene rings is 2. The van der Waals surface area contributed by atoms with Gasteiger partial charge in [0, 0.05) is 28.9 Å². The van der Waals surface area contributed by atoms with Crippen LogP contribution in [0.3, 0.4) is 0 Å². The third kappa shape index (κ3) is 1.89. The maximum atomic E-state index is 9.61. The molecule has 0 saturated heterocycles. The molecule has 22 heavy (non-hydrogen) atoms. The van der Waals surface area contributed by atoms with Crippen LogP contribution in [-0.2, 0) is 0 Å². The highest BCUT2D eigenvalue weighted by atomic mass is 32.1. The zero-order valence-electron chi connectivity index (χ0n) is 11.9. The molecule has 3 aromatic rings. The fourth-order valence-corrected chi connectivity index (χ4v) is 3.73. The molecule has 0 amide bonds. The molecule has 1 aliphatic rings. The van der Waals surface area contributed by atoms with Gasteiger partial charge >= 0.3 is 0 Å². The number of para-hydroxylation sites is 1. The quantitative estimate of drug-likeness (QED) is 0.709. The highest BCUT2D eigenvalue weighted by Crippen LogP contribution is 2.45. The topological polar surface area (TPSA) is 45.5 Å². The predicted molar refractivity (Wildman–Crippen MR) is 87.2 cm³/mol. The monoisotopic (exact) mass is 308 g/mol. The summed E-state index contributed by atoms with van der Waals surface area (Å²) in [6.07, 6.45) is 0. The molecule has 4 rings (SSSR count). The van der Waals surface area contributed by atoms with Gasteiger partial charge in [-0.1, -0.05) is 18.2 Å². The number of fused-ring (bicyclic) bond motifs is 2. The maximum Gasteiger partial charge on any atom is 0.231 e. The van der Waals surface area contributed by atoms with Crippen LogP contribution < -0.4 is 14.4 Å². The minimum atomic E-state index is 0.241. The van der Waals surface area contributed by atoms with Gasteiger partial charge < -0.3 is 14.4 Å². The number of thiophene rings is 1. The van der Waals surface area contributed by atoms with Crippen LogP contribution in [0.2, 0.25) is 0 Å². The molecule has 0 N–H and O–H groups in total. The van der Waals surface area contributed by atoms with Gasteiger partial charge in [-0.25, -0.2) is 0 Å². The molecule has 0 saturated carbocycles. The molecule has 2 heterocycles. The maximum absolute atomic E-state index is 9.61. The summed E-state index contributed by atoms with van der Waals surface area (Å²) in [6.45, 7) is 0.241. The number of rotatable bonds is 2. The van der Waals surface area contributed by atoms with Crippen molar-refractivity contribution in [2.24, 2.45) is 0 Å². The first-order chi connectivity index (χ1) is 10.8. The van der Waals surface area contributed by atoms with E-state index in [0.29, 0.717) is 11.3 Å². The Hall–Kier alpha value is -2.71. The zero-order valence-corrected chi connectivity index (χ0v) is 12.7. The van der Waals surface area contributed by atoms with Gasteiger partial charge in [-0.15, -0.1) is 11.3 Å². The number of hydrogen-bond acceptors (Lipinski definition) is 5. The van der Waals surface area contributed by atoms with E-state index in [1.54, 1.807) is 11.3 Å². The summed E-state index contributed by atoms with van der Waals surface area (Å²) >= 11 is 1.59. The van der Waals surface area contributed by atoms with Crippen LogP contribution >= 0.6 is 11.3 Å². The van der Waals surface area contributed by atoms with E-state index in [1.165, 1.54) is 0 Å². The van der Waals surface area contributed by atoms with Crippen LogP contribution in [-0.4, -0.2) is 13.8 Å². The lowest BCUT2D eigenvalue weighted by Gasteiger charge is -2.17. The highest BCUT2D eigenvalue weighted by Gasteiger charge is 2.21. The average Bonchev–Trinajstić information content (AvgIpc) is 3.15. The van der Waals surface area contributed by atoms with Crippen LogP contribution in [0.15, 0.2) is 42.5 Å². The molecular formula is C17H12N2O2S. The lowest BCUT2D eigenvalue weighted by molar-refractivity contribution is 0.174. The minimum Gasteiger partial charge on any atom is -0.454 e. The Morgan fingerprint density at radius 1 is 1.14 bits per heavy atom. The Labute approximate surface area is 131 Å². The smallest absolute Gasteiger partial charge is 0.231 e. The number of anilines is 2. The third-order valence-electron chi connectivity index (χ3n) is 3.72. The van der Waals surface area contributed by atoms with Crippen molar-refractivity contribution in [3.8, 4) is 17.6 Å². The lowest BCUT2D eigenvalue weighted by atomic mass is 10.1. The normalized spacial score (nSPS) is 12.4. The molecular weight excluding hydrogens is 296 g/mol. The predicted octanol–water partition coefficient (Wildman–Crippen LogP) is 4.27. The van der Waals surface area contributed by atoms with Crippen molar-refractivity contribution in [3.05, 3.63) is 48.0 Å². The zero-order chi connectivity index (χ0) is 15.1. The van der Waals surface area contributed by atoms with Crippen molar-refractivity contribution < 1.29 is 9.47 Å². The summed E-state index contributed by atoms with van der Waals surface area (Å²) in [5.41, 5.74) is 1.72. The summed E-state index contributed by atoms with van der Waals surface area (Å²) in [4.78, 5) is 2.04. The fourth-order valence-electron chi connectivity index (χ4n) is 2.59. The van der Waals surface area contributed by atoms with Crippen LogP contribution in [0, 0.1) is 11.3 Å². The molecule has 1 aromatic heterocycles. The molecule has 0 atom stereocenters. The van der Waals surface area contributed by atoms with E-state index >= 15 is 0 Å². The molecule has 1 aliphatic heterocycles. The number of nitrogens with zero attached hydrogens (tertiary/aromatic N) is 2. The Kier molecular flexibility index (Phi) is 2.91. The van der Waals surface area contributed by atoms with E-state index in [4.69, 9.17) is 9.47 Å². The summed E-state index contributed by atoms with van der Waals surface area (Å²) < 4.78 is 11.9. The number of nitriles is 1.